The molecule has 0 aromatic carbocycles. The van der Waals surface area contributed by atoms with E-state index in [0.717, 1.165) is 36.3 Å². The van der Waals surface area contributed by atoms with Gasteiger partial charge in [-0.15, -0.1) is 0 Å². The smallest absolute Gasteiger partial charge is 0.221 e. The van der Waals surface area contributed by atoms with Gasteiger partial charge in [0.15, 0.2) is 5.78 Å². The number of nitrogens with two attached hydrogens (primary N) is 1. The van der Waals surface area contributed by atoms with E-state index >= 15 is 0 Å². The molecular formula is C14H21N3O2. The number of amides is 1. The van der Waals surface area contributed by atoms with Crippen molar-refractivity contribution in [3.8, 4) is 0 Å². The summed E-state index contributed by atoms with van der Waals surface area (Å²) in [6.45, 7) is 5.67. The van der Waals surface area contributed by atoms with Crippen LogP contribution < -0.4 is 5.73 Å². The predicted octanol–water partition coefficient (Wildman–Crippen LogP) is 1.01. The van der Waals surface area contributed by atoms with E-state index < -0.39 is 0 Å². The van der Waals surface area contributed by atoms with E-state index in [9.17, 15) is 9.59 Å². The van der Waals surface area contributed by atoms with Crippen molar-refractivity contribution in [2.45, 2.75) is 26.7 Å². The normalized spacial score (nSPS) is 20.4. The molecule has 1 atom stereocenters. The van der Waals surface area contributed by atoms with Crippen LogP contribution in [0, 0.1) is 19.8 Å². The summed E-state index contributed by atoms with van der Waals surface area (Å²) >= 11 is 0. The maximum absolute atomic E-state index is 12.2. The summed E-state index contributed by atoms with van der Waals surface area (Å²) in [5.41, 5.74) is 8.00. The van der Waals surface area contributed by atoms with Crippen LogP contribution in [0.25, 0.3) is 0 Å². The van der Waals surface area contributed by atoms with Crippen LogP contribution in [0.2, 0.25) is 0 Å². The van der Waals surface area contributed by atoms with Crippen LogP contribution in [0.15, 0.2) is 6.07 Å². The monoisotopic (exact) mass is 263 g/mol. The Hall–Kier alpha value is -1.62. The Kier molecular flexibility index (Phi) is 4.04. The highest BCUT2D eigenvalue weighted by Gasteiger charge is 2.25. The lowest BCUT2D eigenvalue weighted by Gasteiger charge is -2.30. The highest BCUT2D eigenvalue weighted by atomic mass is 16.1. The molecule has 1 aromatic rings. The Bertz CT molecular complexity index is 493. The lowest BCUT2D eigenvalue weighted by molar-refractivity contribution is -0.123. The molecule has 104 valence electrons. The van der Waals surface area contributed by atoms with E-state index in [1.54, 1.807) is 0 Å². The SMILES string of the molecule is Cc1cc(C(=O)CN2CCCC(C(N)=O)C2)c(C)[nH]1. The first-order valence-electron chi connectivity index (χ1n) is 6.68. The zero-order valence-electron chi connectivity index (χ0n) is 11.5. The number of ketones is 1. The summed E-state index contributed by atoms with van der Waals surface area (Å²) < 4.78 is 0. The molecule has 1 amide bonds. The molecule has 1 aliphatic heterocycles. The molecule has 1 aliphatic rings. The van der Waals surface area contributed by atoms with Gasteiger partial charge in [-0.1, -0.05) is 0 Å². The second-order valence-electron chi connectivity index (χ2n) is 5.39. The lowest BCUT2D eigenvalue weighted by atomic mass is 9.97. The molecule has 0 spiro atoms. The van der Waals surface area contributed by atoms with Crippen LogP contribution >= 0.6 is 0 Å². The van der Waals surface area contributed by atoms with Gasteiger partial charge in [0.25, 0.3) is 0 Å². The van der Waals surface area contributed by atoms with Crippen molar-refractivity contribution in [2.24, 2.45) is 11.7 Å². The summed E-state index contributed by atoms with van der Waals surface area (Å²) in [5, 5.41) is 0. The zero-order chi connectivity index (χ0) is 14.0. The third-order valence-electron chi connectivity index (χ3n) is 3.73. The van der Waals surface area contributed by atoms with Gasteiger partial charge in [0.05, 0.1) is 12.5 Å². The van der Waals surface area contributed by atoms with Crippen molar-refractivity contribution < 1.29 is 9.59 Å². The van der Waals surface area contributed by atoms with Crippen molar-refractivity contribution in [3.05, 3.63) is 23.0 Å². The Morgan fingerprint density at radius 2 is 2.21 bits per heavy atom. The van der Waals surface area contributed by atoms with Crippen LogP contribution in [0.1, 0.15) is 34.6 Å². The third-order valence-corrected chi connectivity index (χ3v) is 3.73. The topological polar surface area (TPSA) is 79.2 Å². The van der Waals surface area contributed by atoms with Gasteiger partial charge in [0, 0.05) is 23.5 Å². The third kappa shape index (κ3) is 3.23. The molecule has 5 heteroatoms. The highest BCUT2D eigenvalue weighted by Crippen LogP contribution is 2.17. The number of H-pyrrole nitrogens is 1. The Morgan fingerprint density at radius 1 is 1.47 bits per heavy atom. The molecule has 1 unspecified atom stereocenters. The van der Waals surface area contributed by atoms with Crippen LogP contribution in [-0.2, 0) is 4.79 Å². The van der Waals surface area contributed by atoms with E-state index in [1.165, 1.54) is 0 Å². The van der Waals surface area contributed by atoms with Crippen LogP contribution in [0.5, 0.6) is 0 Å². The fourth-order valence-electron chi connectivity index (χ4n) is 2.73. The number of Topliss-reactive ketones (excluding diaryl/α,β-unsaturated/α-hetero) is 1. The molecule has 5 nitrogen and oxygen atoms in total. The number of carbonyl (C=O) groups is 2. The Balaban J connectivity index is 1.99. The second-order valence-corrected chi connectivity index (χ2v) is 5.39. The molecule has 0 bridgehead atoms. The van der Waals surface area contributed by atoms with Gasteiger partial charge in [-0.25, -0.2) is 0 Å². The number of nitrogens with one attached hydrogen (secondary N) is 1. The molecule has 1 saturated heterocycles. The van der Waals surface area contributed by atoms with E-state index in [2.05, 4.69) is 4.98 Å². The molecule has 0 aliphatic carbocycles. The summed E-state index contributed by atoms with van der Waals surface area (Å²) in [5.74, 6) is -0.270. The number of piperidine rings is 1. The molecule has 0 radical (unpaired) electrons. The van der Waals surface area contributed by atoms with Crippen LogP contribution in [0.4, 0.5) is 0 Å². The molecule has 3 N–H and O–H groups in total. The minimum Gasteiger partial charge on any atom is -0.369 e. The molecule has 1 fully saturated rings. The fraction of sp³-hybridized carbons (Fsp3) is 0.571. The number of rotatable bonds is 4. The number of aromatic nitrogens is 1. The van der Waals surface area contributed by atoms with Gasteiger partial charge >= 0.3 is 0 Å². The number of nitrogens with zero attached hydrogens (tertiary/aromatic N) is 1. The van der Waals surface area contributed by atoms with Gasteiger partial charge in [0.2, 0.25) is 5.91 Å². The number of aryl methyl sites for hydroxylation is 2. The number of primary amides is 1. The molecule has 2 heterocycles. The molecule has 2 rings (SSSR count). The Labute approximate surface area is 113 Å². The molecule has 0 saturated carbocycles. The number of aromatic amines is 1. The molecule has 19 heavy (non-hydrogen) atoms. The van der Waals surface area contributed by atoms with Crippen molar-refractivity contribution in [3.63, 3.8) is 0 Å². The second kappa shape index (κ2) is 5.57. The van der Waals surface area contributed by atoms with Gasteiger partial charge in [-0.2, -0.15) is 0 Å². The maximum Gasteiger partial charge on any atom is 0.221 e. The highest BCUT2D eigenvalue weighted by molar-refractivity contribution is 5.98. The fourth-order valence-corrected chi connectivity index (χ4v) is 2.73. The number of carbonyl (C=O) groups excluding carboxylic acids is 2. The van der Waals surface area contributed by atoms with Gasteiger partial charge in [0.1, 0.15) is 0 Å². The first-order valence-corrected chi connectivity index (χ1v) is 6.68. The first-order chi connectivity index (χ1) is 8.97. The number of likely N-dealkylation sites (tertiary alicyclic amines) is 1. The van der Waals surface area contributed by atoms with E-state index in [1.807, 2.05) is 24.8 Å². The van der Waals surface area contributed by atoms with Crippen molar-refractivity contribution in [1.29, 1.82) is 0 Å². The predicted molar refractivity (Wildman–Crippen MR) is 73.0 cm³/mol. The zero-order valence-corrected chi connectivity index (χ0v) is 11.5. The van der Waals surface area contributed by atoms with Crippen LogP contribution in [-0.4, -0.2) is 41.2 Å². The average Bonchev–Trinajstić information content (AvgIpc) is 2.69. The van der Waals surface area contributed by atoms with Crippen molar-refractivity contribution in [1.82, 2.24) is 9.88 Å². The summed E-state index contributed by atoms with van der Waals surface area (Å²) in [6.07, 6.45) is 1.76. The summed E-state index contributed by atoms with van der Waals surface area (Å²) in [6, 6.07) is 1.88. The van der Waals surface area contributed by atoms with E-state index in [-0.39, 0.29) is 17.6 Å². The molecular weight excluding hydrogens is 242 g/mol. The molecule has 1 aromatic heterocycles. The van der Waals surface area contributed by atoms with Crippen LogP contribution in [0.3, 0.4) is 0 Å². The minimum absolute atomic E-state index is 0.104. The maximum atomic E-state index is 12.2. The first kappa shape index (κ1) is 13.8. The summed E-state index contributed by atoms with van der Waals surface area (Å²) in [4.78, 5) is 28.6. The van der Waals surface area contributed by atoms with Crippen molar-refractivity contribution in [2.75, 3.05) is 19.6 Å². The summed E-state index contributed by atoms with van der Waals surface area (Å²) in [7, 11) is 0. The van der Waals surface area contributed by atoms with E-state index in [4.69, 9.17) is 5.73 Å². The number of hydrogen-bond donors (Lipinski definition) is 2. The van der Waals surface area contributed by atoms with Gasteiger partial charge in [-0.3, -0.25) is 14.5 Å². The minimum atomic E-state index is -0.259. The quantitative estimate of drug-likeness (QED) is 0.796. The lowest BCUT2D eigenvalue weighted by Crippen LogP contribution is -2.43. The largest absolute Gasteiger partial charge is 0.369 e. The number of hydrogen-bond acceptors (Lipinski definition) is 3. The standard InChI is InChI=1S/C14H21N3O2/c1-9-6-12(10(2)16-9)13(18)8-17-5-3-4-11(7-17)14(15)19/h6,11,16H,3-5,7-8H2,1-2H3,(H2,15,19). The van der Waals surface area contributed by atoms with Crippen molar-refractivity contribution >= 4 is 11.7 Å². The average molecular weight is 263 g/mol. The van der Waals surface area contributed by atoms with Gasteiger partial charge in [-0.05, 0) is 39.3 Å². The van der Waals surface area contributed by atoms with E-state index in [0.29, 0.717) is 13.1 Å². The Morgan fingerprint density at radius 3 is 2.79 bits per heavy atom. The van der Waals surface area contributed by atoms with Gasteiger partial charge < -0.3 is 10.7 Å².